The molecule has 5 heteroatoms. The topological polar surface area (TPSA) is 32.3 Å². The molecule has 1 unspecified atom stereocenters. The minimum atomic E-state index is -0.203. The maximum atomic E-state index is 11.9. The summed E-state index contributed by atoms with van der Waals surface area (Å²) < 4.78 is 0. The molecule has 1 N–H and O–H groups in total. The Kier molecular flexibility index (Phi) is 5.25. The molecule has 0 aromatic heterocycles. The van der Waals surface area contributed by atoms with E-state index in [9.17, 15) is 4.79 Å². The first-order valence-electron chi connectivity index (χ1n) is 5.31. The fraction of sp³-hybridized carbons (Fsp3) is 0.417. The van der Waals surface area contributed by atoms with Crippen LogP contribution in [0.15, 0.2) is 18.2 Å². The van der Waals surface area contributed by atoms with Gasteiger partial charge in [0.2, 0.25) is 0 Å². The molecule has 0 spiro atoms. The Balaban J connectivity index is 2.67. The van der Waals surface area contributed by atoms with Crippen molar-refractivity contribution in [3.05, 3.63) is 33.8 Å². The Morgan fingerprint density at radius 1 is 1.41 bits per heavy atom. The van der Waals surface area contributed by atoms with E-state index >= 15 is 0 Å². The molecule has 0 heterocycles. The predicted molar refractivity (Wildman–Crippen MR) is 71.9 cm³/mol. The summed E-state index contributed by atoms with van der Waals surface area (Å²) in [6, 6.07) is 5.11. The zero-order valence-electron chi connectivity index (χ0n) is 10.1. The first kappa shape index (κ1) is 14.3. The van der Waals surface area contributed by atoms with Gasteiger partial charge in [-0.3, -0.25) is 4.79 Å². The normalized spacial score (nSPS) is 12.6. The number of likely N-dealkylation sites (N-methyl/N-ethyl adjacent to an activating group) is 1. The average molecular weight is 275 g/mol. The third-order valence-corrected chi connectivity index (χ3v) is 3.18. The second kappa shape index (κ2) is 6.24. The van der Waals surface area contributed by atoms with E-state index in [4.69, 9.17) is 23.2 Å². The largest absolute Gasteiger partial charge is 0.350 e. The highest BCUT2D eigenvalue weighted by molar-refractivity contribution is 6.35. The number of rotatable bonds is 4. The fourth-order valence-electron chi connectivity index (χ4n) is 1.19. The van der Waals surface area contributed by atoms with Crippen LogP contribution in [0.3, 0.4) is 0 Å². The monoisotopic (exact) mass is 274 g/mol. The fourth-order valence-corrected chi connectivity index (χ4v) is 1.57. The number of benzene rings is 1. The molecule has 0 aliphatic heterocycles. The van der Waals surface area contributed by atoms with Gasteiger partial charge in [-0.2, -0.15) is 0 Å². The highest BCUT2D eigenvalue weighted by Crippen LogP contribution is 2.20. The van der Waals surface area contributed by atoms with Gasteiger partial charge in [-0.25, -0.2) is 0 Å². The lowest BCUT2D eigenvalue weighted by Gasteiger charge is -2.20. The van der Waals surface area contributed by atoms with E-state index in [-0.39, 0.29) is 11.9 Å². The molecule has 0 radical (unpaired) electrons. The minimum absolute atomic E-state index is 0.203. The summed E-state index contributed by atoms with van der Waals surface area (Å²) in [5.74, 6) is -0.203. The van der Waals surface area contributed by atoms with Crippen molar-refractivity contribution < 1.29 is 4.79 Å². The number of carbonyl (C=O) groups excluding carboxylic acids is 1. The van der Waals surface area contributed by atoms with E-state index in [2.05, 4.69) is 5.32 Å². The molecule has 0 aliphatic carbocycles. The highest BCUT2D eigenvalue weighted by atomic mass is 35.5. The molecule has 94 valence electrons. The van der Waals surface area contributed by atoms with Gasteiger partial charge in [-0.15, -0.1) is 0 Å². The Morgan fingerprint density at radius 2 is 2.06 bits per heavy atom. The molecule has 0 saturated heterocycles. The van der Waals surface area contributed by atoms with Crippen LogP contribution >= 0.6 is 23.2 Å². The highest BCUT2D eigenvalue weighted by Gasteiger charge is 2.12. The number of nitrogens with zero attached hydrogens (tertiary/aromatic N) is 1. The van der Waals surface area contributed by atoms with E-state index in [1.165, 1.54) is 0 Å². The average Bonchev–Trinajstić information content (AvgIpc) is 2.28. The molecule has 0 aliphatic rings. The SMILES string of the molecule is CC(CNC(=O)c1cc(Cl)ccc1Cl)N(C)C. The van der Waals surface area contributed by atoms with Gasteiger partial charge in [0.1, 0.15) is 0 Å². The van der Waals surface area contributed by atoms with E-state index in [1.54, 1.807) is 18.2 Å². The summed E-state index contributed by atoms with van der Waals surface area (Å²) in [7, 11) is 3.92. The quantitative estimate of drug-likeness (QED) is 0.916. The minimum Gasteiger partial charge on any atom is -0.350 e. The van der Waals surface area contributed by atoms with E-state index in [0.29, 0.717) is 22.2 Å². The lowest BCUT2D eigenvalue weighted by molar-refractivity contribution is 0.0944. The molecule has 1 aromatic carbocycles. The molecule has 1 amide bonds. The van der Waals surface area contributed by atoms with Crippen molar-refractivity contribution in [3.8, 4) is 0 Å². The van der Waals surface area contributed by atoms with Gasteiger partial charge in [0.25, 0.3) is 5.91 Å². The summed E-state index contributed by atoms with van der Waals surface area (Å²) in [6.07, 6.45) is 0. The van der Waals surface area contributed by atoms with Crippen molar-refractivity contribution in [1.82, 2.24) is 10.2 Å². The zero-order chi connectivity index (χ0) is 13.0. The van der Waals surface area contributed by atoms with Crippen molar-refractivity contribution in [2.24, 2.45) is 0 Å². The lowest BCUT2D eigenvalue weighted by atomic mass is 10.2. The van der Waals surface area contributed by atoms with Crippen molar-refractivity contribution in [1.29, 1.82) is 0 Å². The molecule has 0 bridgehead atoms. The predicted octanol–water partition coefficient (Wildman–Crippen LogP) is 2.67. The molecule has 1 aromatic rings. The molecule has 3 nitrogen and oxygen atoms in total. The molecule has 0 saturated carbocycles. The number of hydrogen-bond donors (Lipinski definition) is 1. The summed E-state index contributed by atoms with van der Waals surface area (Å²) >= 11 is 11.8. The number of carbonyl (C=O) groups is 1. The summed E-state index contributed by atoms with van der Waals surface area (Å²) in [6.45, 7) is 2.59. The second-order valence-corrected chi connectivity index (χ2v) is 4.99. The lowest BCUT2D eigenvalue weighted by Crippen LogP contribution is -2.38. The van der Waals surface area contributed by atoms with Crippen LogP contribution in [-0.4, -0.2) is 37.5 Å². The smallest absolute Gasteiger partial charge is 0.252 e. The molecule has 1 atom stereocenters. The second-order valence-electron chi connectivity index (χ2n) is 4.15. The van der Waals surface area contributed by atoms with E-state index in [0.717, 1.165) is 0 Å². The van der Waals surface area contributed by atoms with Crippen molar-refractivity contribution in [3.63, 3.8) is 0 Å². The van der Waals surface area contributed by atoms with Gasteiger partial charge >= 0.3 is 0 Å². The van der Waals surface area contributed by atoms with Crippen LogP contribution in [-0.2, 0) is 0 Å². The maximum Gasteiger partial charge on any atom is 0.252 e. The first-order chi connectivity index (χ1) is 7.91. The van der Waals surface area contributed by atoms with E-state index in [1.807, 2.05) is 25.9 Å². The van der Waals surface area contributed by atoms with E-state index < -0.39 is 0 Å². The van der Waals surface area contributed by atoms with Crippen LogP contribution < -0.4 is 5.32 Å². The standard InChI is InChI=1S/C12H16Cl2N2O/c1-8(16(2)3)7-15-12(17)10-6-9(13)4-5-11(10)14/h4-6,8H,7H2,1-3H3,(H,15,17). The van der Waals surface area contributed by atoms with Crippen LogP contribution in [0.25, 0.3) is 0 Å². The summed E-state index contributed by atoms with van der Waals surface area (Å²) in [5, 5.41) is 3.73. The van der Waals surface area contributed by atoms with Crippen molar-refractivity contribution in [2.75, 3.05) is 20.6 Å². The Labute approximate surface area is 112 Å². The molecule has 1 rings (SSSR count). The van der Waals surface area contributed by atoms with Gasteiger partial charge in [0.15, 0.2) is 0 Å². The van der Waals surface area contributed by atoms with Crippen molar-refractivity contribution >= 4 is 29.1 Å². The third kappa shape index (κ3) is 4.19. The van der Waals surface area contributed by atoms with Gasteiger partial charge in [-0.05, 0) is 39.2 Å². The number of halogens is 2. The Hall–Kier alpha value is -0.770. The zero-order valence-corrected chi connectivity index (χ0v) is 11.6. The maximum absolute atomic E-state index is 11.9. The summed E-state index contributed by atoms with van der Waals surface area (Å²) in [4.78, 5) is 13.9. The molecule has 17 heavy (non-hydrogen) atoms. The molecule has 0 fully saturated rings. The van der Waals surface area contributed by atoms with Crippen LogP contribution in [0.1, 0.15) is 17.3 Å². The Bertz CT molecular complexity index is 407. The van der Waals surface area contributed by atoms with Crippen LogP contribution in [0.4, 0.5) is 0 Å². The first-order valence-corrected chi connectivity index (χ1v) is 6.07. The van der Waals surface area contributed by atoms with Gasteiger partial charge in [-0.1, -0.05) is 23.2 Å². The number of nitrogens with one attached hydrogen (secondary N) is 1. The van der Waals surface area contributed by atoms with Crippen molar-refractivity contribution in [2.45, 2.75) is 13.0 Å². The number of hydrogen-bond acceptors (Lipinski definition) is 2. The molecular formula is C12H16Cl2N2O. The molecular weight excluding hydrogens is 259 g/mol. The van der Waals surface area contributed by atoms with Gasteiger partial charge < -0.3 is 10.2 Å². The van der Waals surface area contributed by atoms with Crippen LogP contribution in [0, 0.1) is 0 Å². The van der Waals surface area contributed by atoms with Gasteiger partial charge in [0.05, 0.1) is 10.6 Å². The Morgan fingerprint density at radius 3 is 2.65 bits per heavy atom. The van der Waals surface area contributed by atoms with Crippen LogP contribution in [0.2, 0.25) is 10.0 Å². The van der Waals surface area contributed by atoms with Crippen LogP contribution in [0.5, 0.6) is 0 Å². The third-order valence-electron chi connectivity index (χ3n) is 2.61. The number of amides is 1. The van der Waals surface area contributed by atoms with Gasteiger partial charge in [0, 0.05) is 17.6 Å². The summed E-state index contributed by atoms with van der Waals surface area (Å²) in [5.41, 5.74) is 0.408.